The zero-order chi connectivity index (χ0) is 17.9. The van der Waals surface area contributed by atoms with Gasteiger partial charge in [0.1, 0.15) is 16.9 Å². The monoisotopic (exact) mass is 353 g/mol. The van der Waals surface area contributed by atoms with Crippen molar-refractivity contribution in [2.45, 2.75) is 25.5 Å². The number of amides is 1. The number of ether oxygens (including phenoxy) is 1. The minimum atomic E-state index is -0.634. The van der Waals surface area contributed by atoms with Crippen molar-refractivity contribution in [3.63, 3.8) is 0 Å². The predicted octanol–water partition coefficient (Wildman–Crippen LogP) is 3.21. The van der Waals surface area contributed by atoms with Crippen molar-refractivity contribution in [1.82, 2.24) is 4.90 Å². The van der Waals surface area contributed by atoms with E-state index in [-0.39, 0.29) is 24.1 Å². The topological polar surface area (TPSA) is 72.9 Å². The Kier molecular flexibility index (Phi) is 4.58. The van der Waals surface area contributed by atoms with Crippen LogP contribution in [0, 0.1) is 0 Å². The summed E-state index contributed by atoms with van der Waals surface area (Å²) < 4.78 is 16.4. The van der Waals surface area contributed by atoms with E-state index in [2.05, 4.69) is 0 Å². The second-order valence-electron chi connectivity index (χ2n) is 6.39. The van der Waals surface area contributed by atoms with Crippen molar-refractivity contribution in [3.8, 4) is 0 Å². The predicted molar refractivity (Wildman–Crippen MR) is 94.9 cm³/mol. The van der Waals surface area contributed by atoms with Crippen LogP contribution >= 0.6 is 0 Å². The first-order valence-corrected chi connectivity index (χ1v) is 8.67. The van der Waals surface area contributed by atoms with Crippen LogP contribution in [0.4, 0.5) is 0 Å². The molecule has 1 saturated heterocycles. The lowest BCUT2D eigenvalue weighted by molar-refractivity contribution is 0.0488. The van der Waals surface area contributed by atoms with Crippen LogP contribution in [0.2, 0.25) is 0 Å². The molecule has 1 fully saturated rings. The van der Waals surface area contributed by atoms with E-state index in [9.17, 15) is 9.59 Å². The molecule has 0 radical (unpaired) electrons. The zero-order valence-electron chi connectivity index (χ0n) is 14.2. The van der Waals surface area contributed by atoms with E-state index >= 15 is 0 Å². The maximum absolute atomic E-state index is 13.1. The van der Waals surface area contributed by atoms with Crippen LogP contribution in [0.5, 0.6) is 0 Å². The van der Waals surface area contributed by atoms with Gasteiger partial charge in [-0.1, -0.05) is 18.2 Å². The molecule has 2 aromatic heterocycles. The molecule has 1 aromatic carbocycles. The highest BCUT2D eigenvalue weighted by Gasteiger charge is 2.26. The van der Waals surface area contributed by atoms with Crippen molar-refractivity contribution in [1.29, 1.82) is 0 Å². The Hall–Kier alpha value is -2.86. The minimum Gasteiger partial charge on any atom is -0.467 e. The molecule has 6 nitrogen and oxygen atoms in total. The lowest BCUT2D eigenvalue weighted by Crippen LogP contribution is -2.38. The SMILES string of the molecule is O=C(c1cc2ccccc2oc1=O)N(Cc1ccco1)C[C@@H]1CCCO1. The molecule has 1 aliphatic rings. The number of carbonyl (C=O) groups excluding carboxylic acids is 1. The number of furan rings is 1. The van der Waals surface area contributed by atoms with Gasteiger partial charge in [0, 0.05) is 18.5 Å². The summed E-state index contributed by atoms with van der Waals surface area (Å²) >= 11 is 0. The summed E-state index contributed by atoms with van der Waals surface area (Å²) in [6, 6.07) is 12.3. The maximum Gasteiger partial charge on any atom is 0.349 e. The Bertz CT molecular complexity index is 954. The second kappa shape index (κ2) is 7.17. The van der Waals surface area contributed by atoms with Gasteiger partial charge in [0.05, 0.1) is 18.9 Å². The van der Waals surface area contributed by atoms with E-state index in [4.69, 9.17) is 13.6 Å². The number of nitrogens with zero attached hydrogens (tertiary/aromatic N) is 1. The van der Waals surface area contributed by atoms with Crippen LogP contribution in [-0.2, 0) is 11.3 Å². The minimum absolute atomic E-state index is 0.0215. The molecule has 6 heteroatoms. The van der Waals surface area contributed by atoms with Crippen molar-refractivity contribution >= 4 is 16.9 Å². The molecule has 4 rings (SSSR count). The quantitative estimate of drug-likeness (QED) is 0.659. The normalized spacial score (nSPS) is 16.8. The van der Waals surface area contributed by atoms with E-state index < -0.39 is 5.63 Å². The molecule has 0 unspecified atom stereocenters. The van der Waals surface area contributed by atoms with Crippen molar-refractivity contribution < 1.29 is 18.4 Å². The van der Waals surface area contributed by atoms with Crippen LogP contribution in [-0.4, -0.2) is 30.1 Å². The summed E-state index contributed by atoms with van der Waals surface area (Å²) in [5.41, 5.74) is -0.149. The van der Waals surface area contributed by atoms with Gasteiger partial charge in [0.25, 0.3) is 5.91 Å². The van der Waals surface area contributed by atoms with E-state index in [0.29, 0.717) is 29.9 Å². The van der Waals surface area contributed by atoms with Gasteiger partial charge in [-0.3, -0.25) is 4.79 Å². The number of fused-ring (bicyclic) bond motifs is 1. The summed E-state index contributed by atoms with van der Waals surface area (Å²) in [7, 11) is 0. The maximum atomic E-state index is 13.1. The molecule has 134 valence electrons. The third-order valence-electron chi connectivity index (χ3n) is 4.53. The highest BCUT2D eigenvalue weighted by molar-refractivity contribution is 5.96. The average molecular weight is 353 g/mol. The largest absolute Gasteiger partial charge is 0.467 e. The fourth-order valence-electron chi connectivity index (χ4n) is 3.23. The average Bonchev–Trinajstić information content (AvgIpc) is 3.34. The Morgan fingerprint density at radius 2 is 2.08 bits per heavy atom. The summed E-state index contributed by atoms with van der Waals surface area (Å²) in [5, 5.41) is 0.713. The molecule has 0 N–H and O–H groups in total. The summed E-state index contributed by atoms with van der Waals surface area (Å²) in [5.74, 6) is 0.276. The summed E-state index contributed by atoms with van der Waals surface area (Å²) in [6.07, 6.45) is 3.41. The molecule has 1 atom stereocenters. The molecule has 0 saturated carbocycles. The first-order chi connectivity index (χ1) is 12.7. The number of hydrogen-bond donors (Lipinski definition) is 0. The van der Waals surface area contributed by atoms with E-state index in [1.54, 1.807) is 41.5 Å². The summed E-state index contributed by atoms with van der Waals surface area (Å²) in [6.45, 7) is 1.38. The van der Waals surface area contributed by atoms with Gasteiger partial charge in [-0.05, 0) is 37.1 Å². The molecular weight excluding hydrogens is 334 g/mol. The Labute approximate surface area is 150 Å². The molecule has 1 aliphatic heterocycles. The Balaban J connectivity index is 1.66. The number of carbonyl (C=O) groups is 1. The number of benzene rings is 1. The van der Waals surface area contributed by atoms with Crippen LogP contribution < -0.4 is 5.63 Å². The molecule has 0 aliphatic carbocycles. The van der Waals surface area contributed by atoms with Gasteiger partial charge < -0.3 is 18.5 Å². The molecular formula is C20H19NO5. The molecule has 3 heterocycles. The Morgan fingerprint density at radius 1 is 1.19 bits per heavy atom. The molecule has 0 spiro atoms. The lowest BCUT2D eigenvalue weighted by atomic mass is 10.1. The second-order valence-corrected chi connectivity index (χ2v) is 6.39. The highest BCUT2D eigenvalue weighted by atomic mass is 16.5. The number of rotatable bonds is 5. The van der Waals surface area contributed by atoms with Crippen LogP contribution in [0.3, 0.4) is 0 Å². The molecule has 0 bridgehead atoms. The fraction of sp³-hybridized carbons (Fsp3) is 0.300. The number of para-hydroxylation sites is 1. The third kappa shape index (κ3) is 3.41. The van der Waals surface area contributed by atoms with Gasteiger partial charge in [0.15, 0.2) is 0 Å². The number of hydrogen-bond acceptors (Lipinski definition) is 5. The van der Waals surface area contributed by atoms with Crippen molar-refractivity contribution in [3.05, 3.63) is 70.5 Å². The van der Waals surface area contributed by atoms with Crippen LogP contribution in [0.25, 0.3) is 11.0 Å². The van der Waals surface area contributed by atoms with Crippen molar-refractivity contribution in [2.24, 2.45) is 0 Å². The first-order valence-electron chi connectivity index (χ1n) is 8.67. The van der Waals surface area contributed by atoms with Crippen LogP contribution in [0.1, 0.15) is 29.0 Å². The fourth-order valence-corrected chi connectivity index (χ4v) is 3.23. The van der Waals surface area contributed by atoms with Gasteiger partial charge in [-0.25, -0.2) is 4.79 Å². The van der Waals surface area contributed by atoms with E-state index in [1.165, 1.54) is 0 Å². The summed E-state index contributed by atoms with van der Waals surface area (Å²) in [4.78, 5) is 27.0. The smallest absolute Gasteiger partial charge is 0.349 e. The molecule has 3 aromatic rings. The molecule has 26 heavy (non-hydrogen) atoms. The standard InChI is InChI=1S/C20H19NO5/c22-19(17-11-14-5-1-2-8-18(14)26-20(17)23)21(12-15-6-3-9-24-15)13-16-7-4-10-25-16/h1-3,5-6,8-9,11,16H,4,7,10,12-13H2/t16-/m0/s1. The first kappa shape index (κ1) is 16.6. The van der Waals surface area contributed by atoms with Gasteiger partial charge in [-0.2, -0.15) is 0 Å². The lowest BCUT2D eigenvalue weighted by Gasteiger charge is -2.24. The van der Waals surface area contributed by atoms with Gasteiger partial charge in [-0.15, -0.1) is 0 Å². The highest BCUT2D eigenvalue weighted by Crippen LogP contribution is 2.18. The van der Waals surface area contributed by atoms with Crippen LogP contribution in [0.15, 0.2) is 62.4 Å². The molecule has 1 amide bonds. The van der Waals surface area contributed by atoms with Crippen molar-refractivity contribution in [2.75, 3.05) is 13.2 Å². The van der Waals surface area contributed by atoms with E-state index in [1.807, 2.05) is 12.1 Å². The van der Waals surface area contributed by atoms with Gasteiger partial charge >= 0.3 is 5.63 Å². The zero-order valence-corrected chi connectivity index (χ0v) is 14.2. The Morgan fingerprint density at radius 3 is 2.85 bits per heavy atom. The van der Waals surface area contributed by atoms with Gasteiger partial charge in [0.2, 0.25) is 0 Å². The third-order valence-corrected chi connectivity index (χ3v) is 4.53. The van der Waals surface area contributed by atoms with E-state index in [0.717, 1.165) is 12.8 Å².